The lowest BCUT2D eigenvalue weighted by Gasteiger charge is -2.05. The SMILES string of the molecule is C.Cc1ccc(-n2cc(C)nn2)c(C(=O)O)c1.Cc1ccc(-n2ncc(C)n2)c(C(=O)O)c1. The van der Waals surface area contributed by atoms with Crippen molar-refractivity contribution in [2.24, 2.45) is 0 Å². The molecule has 0 fully saturated rings. The molecule has 0 radical (unpaired) electrons. The number of aromatic nitrogens is 6. The van der Waals surface area contributed by atoms with Crippen molar-refractivity contribution in [1.29, 1.82) is 0 Å². The summed E-state index contributed by atoms with van der Waals surface area (Å²) in [6.07, 6.45) is 3.28. The molecule has 10 nitrogen and oxygen atoms in total. The van der Waals surface area contributed by atoms with E-state index in [0.29, 0.717) is 11.4 Å². The molecule has 0 aliphatic rings. The van der Waals surface area contributed by atoms with Crippen LogP contribution in [0, 0.1) is 27.7 Å². The average Bonchev–Trinajstić information content (AvgIpc) is 3.36. The Morgan fingerprint density at radius 2 is 1.36 bits per heavy atom. The minimum atomic E-state index is -0.978. The highest BCUT2D eigenvalue weighted by Gasteiger charge is 2.14. The van der Waals surface area contributed by atoms with Gasteiger partial charge in [0.15, 0.2) is 0 Å². The predicted octanol–water partition coefficient (Wildman–Crippen LogP) is 3.80. The first-order valence-corrected chi connectivity index (χ1v) is 9.62. The van der Waals surface area contributed by atoms with Crippen molar-refractivity contribution in [3.05, 3.63) is 82.4 Å². The molecule has 2 heterocycles. The standard InChI is InChI=1S/2C11H11N3O2.CH4/c1-7-3-4-10(9(5-7)11(15)16)14-6-8(2)12-13-14;1-7-3-4-10(9(5-7)11(15)16)14-12-6-8(2)13-14;/h2*3-6H,1-2H3,(H,15,16);1H4. The highest BCUT2D eigenvalue weighted by molar-refractivity contribution is 5.92. The number of hydrogen-bond donors (Lipinski definition) is 2. The molecule has 0 aliphatic carbocycles. The Bertz CT molecular complexity index is 1190. The molecule has 4 aromatic rings. The molecule has 0 aliphatic heterocycles. The van der Waals surface area contributed by atoms with Crippen LogP contribution in [0.3, 0.4) is 0 Å². The van der Waals surface area contributed by atoms with Gasteiger partial charge in [-0.05, 0) is 52.0 Å². The van der Waals surface area contributed by atoms with Gasteiger partial charge >= 0.3 is 11.9 Å². The van der Waals surface area contributed by atoms with Gasteiger partial charge in [-0.1, -0.05) is 35.9 Å². The zero-order chi connectivity index (χ0) is 23.4. The van der Waals surface area contributed by atoms with Crippen LogP contribution in [0.15, 0.2) is 48.8 Å². The lowest BCUT2D eigenvalue weighted by molar-refractivity contribution is 0.0685. The fraction of sp³-hybridized carbons (Fsp3) is 0.217. The maximum atomic E-state index is 11.1. The molecule has 4 rings (SSSR count). The van der Waals surface area contributed by atoms with Crippen LogP contribution in [0.4, 0.5) is 0 Å². The number of aryl methyl sites for hydroxylation is 4. The molecule has 0 unspecified atom stereocenters. The molecule has 0 saturated heterocycles. The maximum absolute atomic E-state index is 11.1. The van der Waals surface area contributed by atoms with Gasteiger partial charge in [0.25, 0.3) is 0 Å². The number of rotatable bonds is 4. The summed E-state index contributed by atoms with van der Waals surface area (Å²) in [6.45, 7) is 7.30. The van der Waals surface area contributed by atoms with E-state index in [9.17, 15) is 9.59 Å². The summed E-state index contributed by atoms with van der Waals surface area (Å²) in [5, 5.41) is 34.0. The summed E-state index contributed by atoms with van der Waals surface area (Å²) in [5.74, 6) is -1.94. The van der Waals surface area contributed by atoms with Gasteiger partial charge in [0.1, 0.15) is 5.69 Å². The zero-order valence-corrected chi connectivity index (χ0v) is 18.0. The van der Waals surface area contributed by atoms with E-state index < -0.39 is 11.9 Å². The summed E-state index contributed by atoms with van der Waals surface area (Å²) in [4.78, 5) is 23.5. The second-order valence-electron chi connectivity index (χ2n) is 7.23. The summed E-state index contributed by atoms with van der Waals surface area (Å²) in [7, 11) is 0. The van der Waals surface area contributed by atoms with Crippen LogP contribution in [0.2, 0.25) is 0 Å². The molecule has 33 heavy (non-hydrogen) atoms. The third-order valence-electron chi connectivity index (χ3n) is 4.44. The number of carboxylic acid groups (broad SMARTS) is 2. The Balaban J connectivity index is 0.000000227. The van der Waals surface area contributed by atoms with Crippen molar-refractivity contribution in [3.63, 3.8) is 0 Å². The van der Waals surface area contributed by atoms with Crippen LogP contribution in [0.5, 0.6) is 0 Å². The minimum Gasteiger partial charge on any atom is -0.478 e. The van der Waals surface area contributed by atoms with E-state index >= 15 is 0 Å². The fourth-order valence-corrected chi connectivity index (χ4v) is 2.94. The van der Waals surface area contributed by atoms with E-state index in [1.54, 1.807) is 50.5 Å². The van der Waals surface area contributed by atoms with Crippen molar-refractivity contribution in [2.45, 2.75) is 35.1 Å². The number of carbonyl (C=O) groups is 2. The van der Waals surface area contributed by atoms with Crippen molar-refractivity contribution in [2.75, 3.05) is 0 Å². The van der Waals surface area contributed by atoms with E-state index in [1.165, 1.54) is 9.48 Å². The number of hydrogen-bond acceptors (Lipinski definition) is 6. The summed E-state index contributed by atoms with van der Waals surface area (Å²) in [5.41, 5.74) is 4.72. The number of aromatic carboxylic acids is 2. The number of nitrogens with zero attached hydrogens (tertiary/aromatic N) is 6. The minimum absolute atomic E-state index is 0. The van der Waals surface area contributed by atoms with Gasteiger partial charge in [-0.25, -0.2) is 14.3 Å². The van der Waals surface area contributed by atoms with E-state index in [-0.39, 0.29) is 18.6 Å². The summed E-state index contributed by atoms with van der Waals surface area (Å²) in [6, 6.07) is 10.3. The monoisotopic (exact) mass is 450 g/mol. The lowest BCUT2D eigenvalue weighted by Crippen LogP contribution is -2.08. The second kappa shape index (κ2) is 10.3. The molecule has 0 amide bonds. The molecule has 10 heteroatoms. The van der Waals surface area contributed by atoms with Crippen LogP contribution in [-0.4, -0.2) is 52.1 Å². The Kier molecular flexibility index (Phi) is 7.79. The molecular weight excluding hydrogens is 424 g/mol. The van der Waals surface area contributed by atoms with Gasteiger partial charge in [0, 0.05) is 0 Å². The Morgan fingerprint density at radius 3 is 1.82 bits per heavy atom. The van der Waals surface area contributed by atoms with E-state index in [0.717, 1.165) is 22.5 Å². The van der Waals surface area contributed by atoms with E-state index in [2.05, 4.69) is 20.5 Å². The molecule has 2 aromatic heterocycles. The normalized spacial score (nSPS) is 10.1. The smallest absolute Gasteiger partial charge is 0.337 e. The number of carboxylic acids is 2. The first kappa shape index (κ1) is 24.9. The predicted molar refractivity (Wildman–Crippen MR) is 122 cm³/mol. The average molecular weight is 450 g/mol. The Labute approximate surface area is 191 Å². The van der Waals surface area contributed by atoms with Crippen LogP contribution in [0.25, 0.3) is 11.4 Å². The van der Waals surface area contributed by atoms with Gasteiger partial charge in [-0.3, -0.25) is 0 Å². The van der Waals surface area contributed by atoms with E-state index in [4.69, 9.17) is 10.2 Å². The van der Waals surface area contributed by atoms with Crippen LogP contribution >= 0.6 is 0 Å². The molecular formula is C23H26N6O4. The highest BCUT2D eigenvalue weighted by atomic mass is 16.4. The maximum Gasteiger partial charge on any atom is 0.337 e. The van der Waals surface area contributed by atoms with Gasteiger partial charge in [0.2, 0.25) is 0 Å². The Morgan fingerprint density at radius 1 is 0.818 bits per heavy atom. The zero-order valence-electron chi connectivity index (χ0n) is 18.0. The van der Waals surface area contributed by atoms with Gasteiger partial charge in [-0.15, -0.1) is 5.10 Å². The number of benzene rings is 2. The van der Waals surface area contributed by atoms with Crippen molar-refractivity contribution in [1.82, 2.24) is 30.0 Å². The molecule has 0 atom stereocenters. The van der Waals surface area contributed by atoms with Crippen molar-refractivity contribution < 1.29 is 19.8 Å². The first-order chi connectivity index (χ1) is 15.2. The van der Waals surface area contributed by atoms with Gasteiger partial charge < -0.3 is 10.2 Å². The summed E-state index contributed by atoms with van der Waals surface area (Å²) < 4.78 is 1.47. The highest BCUT2D eigenvalue weighted by Crippen LogP contribution is 2.16. The quantitative estimate of drug-likeness (QED) is 0.479. The second-order valence-corrected chi connectivity index (χ2v) is 7.23. The third-order valence-corrected chi connectivity index (χ3v) is 4.44. The van der Waals surface area contributed by atoms with Gasteiger partial charge in [0.05, 0.1) is 40.6 Å². The first-order valence-electron chi connectivity index (χ1n) is 9.62. The molecule has 0 spiro atoms. The van der Waals surface area contributed by atoms with Crippen LogP contribution < -0.4 is 0 Å². The molecule has 2 N–H and O–H groups in total. The fourth-order valence-electron chi connectivity index (χ4n) is 2.94. The van der Waals surface area contributed by atoms with Gasteiger partial charge in [-0.2, -0.15) is 15.0 Å². The van der Waals surface area contributed by atoms with Crippen LogP contribution in [-0.2, 0) is 0 Å². The van der Waals surface area contributed by atoms with Crippen molar-refractivity contribution in [3.8, 4) is 11.4 Å². The topological polar surface area (TPSA) is 136 Å². The Hall–Kier alpha value is -4.34. The largest absolute Gasteiger partial charge is 0.478 e. The van der Waals surface area contributed by atoms with E-state index in [1.807, 2.05) is 26.0 Å². The lowest BCUT2D eigenvalue weighted by atomic mass is 10.1. The molecule has 0 saturated carbocycles. The van der Waals surface area contributed by atoms with Crippen molar-refractivity contribution >= 4 is 11.9 Å². The molecule has 0 bridgehead atoms. The molecule has 2 aromatic carbocycles. The third kappa shape index (κ3) is 5.88. The van der Waals surface area contributed by atoms with Crippen LogP contribution in [0.1, 0.15) is 50.7 Å². The molecule has 172 valence electrons. The summed E-state index contributed by atoms with van der Waals surface area (Å²) >= 11 is 0.